The van der Waals surface area contributed by atoms with Crippen molar-refractivity contribution in [3.05, 3.63) is 23.3 Å². The van der Waals surface area contributed by atoms with Crippen LogP contribution in [0.1, 0.15) is 17.5 Å². The predicted octanol–water partition coefficient (Wildman–Crippen LogP) is 2.39. The minimum absolute atomic E-state index is 0.788. The highest BCUT2D eigenvalue weighted by Gasteiger charge is 2.21. The van der Waals surface area contributed by atoms with E-state index in [-0.39, 0.29) is 0 Å². The quantitative estimate of drug-likeness (QED) is 0.491. The maximum Gasteiger partial charge on any atom is 0.193 e. The summed E-state index contributed by atoms with van der Waals surface area (Å²) in [7, 11) is 5.21. The third kappa shape index (κ3) is 4.47. The Morgan fingerprint density at radius 2 is 1.96 bits per heavy atom. The number of nitrogens with zero attached hydrogens (tertiary/aromatic N) is 2. The lowest BCUT2D eigenvalue weighted by molar-refractivity contribution is 0.346. The van der Waals surface area contributed by atoms with Crippen molar-refractivity contribution in [2.24, 2.45) is 4.99 Å². The fraction of sp³-hybridized carbons (Fsp3) is 0.588. The minimum atomic E-state index is 0.788. The average molecular weight is 337 g/mol. The van der Waals surface area contributed by atoms with Crippen molar-refractivity contribution in [1.29, 1.82) is 0 Å². The normalized spacial score (nSPS) is 14.4. The van der Waals surface area contributed by atoms with E-state index in [0.717, 1.165) is 49.9 Å². The van der Waals surface area contributed by atoms with E-state index in [9.17, 15) is 0 Å². The summed E-state index contributed by atoms with van der Waals surface area (Å²) in [6.07, 6.45) is 4.27. The SMILES string of the molecule is CN=C(NCCCSC)N1CCc2cc(OC)c(OC)cc2C1. The molecular formula is C17H27N3O2S. The Hall–Kier alpha value is -1.56. The Labute approximate surface area is 143 Å². The zero-order valence-corrected chi connectivity index (χ0v) is 15.3. The van der Waals surface area contributed by atoms with Gasteiger partial charge in [-0.3, -0.25) is 4.99 Å². The van der Waals surface area contributed by atoms with Crippen LogP contribution in [0, 0.1) is 0 Å². The minimum Gasteiger partial charge on any atom is -0.493 e. The van der Waals surface area contributed by atoms with Crippen molar-refractivity contribution in [3.8, 4) is 11.5 Å². The number of aliphatic imine (C=N–C) groups is 1. The number of nitrogens with one attached hydrogen (secondary N) is 1. The smallest absolute Gasteiger partial charge is 0.193 e. The van der Waals surface area contributed by atoms with E-state index in [0.29, 0.717) is 0 Å². The molecule has 1 aliphatic heterocycles. The van der Waals surface area contributed by atoms with Gasteiger partial charge in [-0.25, -0.2) is 0 Å². The number of methoxy groups -OCH3 is 2. The summed E-state index contributed by atoms with van der Waals surface area (Å²) < 4.78 is 10.8. The molecule has 1 N–H and O–H groups in total. The maximum absolute atomic E-state index is 5.42. The monoisotopic (exact) mass is 337 g/mol. The second-order valence-corrected chi connectivity index (χ2v) is 6.45. The lowest BCUT2D eigenvalue weighted by Crippen LogP contribution is -2.44. The van der Waals surface area contributed by atoms with Gasteiger partial charge in [0, 0.05) is 26.7 Å². The summed E-state index contributed by atoms with van der Waals surface area (Å²) in [4.78, 5) is 6.73. The highest BCUT2D eigenvalue weighted by Crippen LogP contribution is 2.33. The fourth-order valence-corrected chi connectivity index (χ4v) is 3.25. The highest BCUT2D eigenvalue weighted by molar-refractivity contribution is 7.98. The van der Waals surface area contributed by atoms with Crippen LogP contribution in [-0.2, 0) is 13.0 Å². The van der Waals surface area contributed by atoms with Gasteiger partial charge in [-0.05, 0) is 48.1 Å². The molecule has 128 valence electrons. The standard InChI is InChI=1S/C17H27N3O2S/c1-18-17(19-7-5-9-23-4)20-8-6-13-10-15(21-2)16(22-3)11-14(13)12-20/h10-11H,5-9,12H2,1-4H3,(H,18,19). The number of hydrogen-bond donors (Lipinski definition) is 1. The Morgan fingerprint density at radius 3 is 2.57 bits per heavy atom. The molecule has 0 radical (unpaired) electrons. The van der Waals surface area contributed by atoms with Crippen molar-refractivity contribution in [1.82, 2.24) is 10.2 Å². The Bertz CT molecular complexity index is 549. The van der Waals surface area contributed by atoms with Gasteiger partial charge in [-0.15, -0.1) is 0 Å². The molecule has 0 aromatic heterocycles. The van der Waals surface area contributed by atoms with Crippen LogP contribution >= 0.6 is 11.8 Å². The summed E-state index contributed by atoms with van der Waals surface area (Å²) in [6.45, 7) is 2.77. The first-order valence-electron chi connectivity index (χ1n) is 7.91. The molecule has 0 spiro atoms. The van der Waals surface area contributed by atoms with Gasteiger partial charge in [-0.2, -0.15) is 11.8 Å². The molecule has 0 aliphatic carbocycles. The van der Waals surface area contributed by atoms with Crippen molar-refractivity contribution < 1.29 is 9.47 Å². The molecule has 1 aromatic carbocycles. The molecule has 0 bridgehead atoms. The lowest BCUT2D eigenvalue weighted by atomic mass is 9.99. The fourth-order valence-electron chi connectivity index (χ4n) is 2.81. The second kappa shape index (κ2) is 8.91. The van der Waals surface area contributed by atoms with Crippen molar-refractivity contribution in [3.63, 3.8) is 0 Å². The third-order valence-corrected chi connectivity index (χ3v) is 4.73. The van der Waals surface area contributed by atoms with Crippen LogP contribution in [0.15, 0.2) is 17.1 Å². The summed E-state index contributed by atoms with van der Waals surface area (Å²) in [5.41, 5.74) is 2.61. The molecule has 1 heterocycles. The Balaban J connectivity index is 2.06. The first-order valence-corrected chi connectivity index (χ1v) is 9.31. The number of rotatable bonds is 6. The van der Waals surface area contributed by atoms with E-state index in [1.807, 2.05) is 18.8 Å². The average Bonchev–Trinajstić information content (AvgIpc) is 2.60. The molecule has 6 heteroatoms. The Morgan fingerprint density at radius 1 is 1.26 bits per heavy atom. The molecule has 0 saturated carbocycles. The van der Waals surface area contributed by atoms with Crippen LogP contribution in [0.2, 0.25) is 0 Å². The van der Waals surface area contributed by atoms with Gasteiger partial charge in [0.25, 0.3) is 0 Å². The molecule has 0 fully saturated rings. The van der Waals surface area contributed by atoms with Gasteiger partial charge in [0.15, 0.2) is 17.5 Å². The van der Waals surface area contributed by atoms with E-state index in [1.165, 1.54) is 16.9 Å². The maximum atomic E-state index is 5.42. The molecule has 0 amide bonds. The van der Waals surface area contributed by atoms with Crippen LogP contribution in [0.3, 0.4) is 0 Å². The molecule has 0 saturated heterocycles. The van der Waals surface area contributed by atoms with Gasteiger partial charge >= 0.3 is 0 Å². The van der Waals surface area contributed by atoms with Crippen LogP contribution in [0.4, 0.5) is 0 Å². The first-order chi connectivity index (χ1) is 11.2. The summed E-state index contributed by atoms with van der Waals surface area (Å²) in [6, 6.07) is 4.18. The number of fused-ring (bicyclic) bond motifs is 1. The molecule has 5 nitrogen and oxygen atoms in total. The van der Waals surface area contributed by atoms with E-state index in [2.05, 4.69) is 33.6 Å². The third-order valence-electron chi connectivity index (χ3n) is 4.04. The van der Waals surface area contributed by atoms with Gasteiger partial charge in [0.2, 0.25) is 0 Å². The second-order valence-electron chi connectivity index (χ2n) is 5.47. The zero-order chi connectivity index (χ0) is 16.7. The largest absolute Gasteiger partial charge is 0.493 e. The number of hydrogen-bond acceptors (Lipinski definition) is 4. The molecule has 0 atom stereocenters. The van der Waals surface area contributed by atoms with Crippen molar-refractivity contribution in [2.75, 3.05) is 46.4 Å². The van der Waals surface area contributed by atoms with E-state index < -0.39 is 0 Å². The summed E-state index contributed by atoms with van der Waals surface area (Å²) in [5, 5.41) is 3.46. The van der Waals surface area contributed by atoms with E-state index in [1.54, 1.807) is 14.2 Å². The van der Waals surface area contributed by atoms with Gasteiger partial charge in [0.1, 0.15) is 0 Å². The number of thioether (sulfide) groups is 1. The number of guanidine groups is 1. The van der Waals surface area contributed by atoms with E-state index >= 15 is 0 Å². The molecule has 1 aliphatic rings. The van der Waals surface area contributed by atoms with Crippen molar-refractivity contribution in [2.45, 2.75) is 19.4 Å². The number of benzene rings is 1. The van der Waals surface area contributed by atoms with E-state index in [4.69, 9.17) is 9.47 Å². The van der Waals surface area contributed by atoms with Crippen LogP contribution in [-0.4, -0.2) is 57.2 Å². The number of ether oxygens (including phenoxy) is 2. The van der Waals surface area contributed by atoms with Gasteiger partial charge in [-0.1, -0.05) is 0 Å². The van der Waals surface area contributed by atoms with Crippen LogP contribution < -0.4 is 14.8 Å². The van der Waals surface area contributed by atoms with Gasteiger partial charge < -0.3 is 19.7 Å². The zero-order valence-electron chi connectivity index (χ0n) is 14.5. The highest BCUT2D eigenvalue weighted by atomic mass is 32.2. The van der Waals surface area contributed by atoms with Gasteiger partial charge in [0.05, 0.1) is 14.2 Å². The molecule has 1 aromatic rings. The Kier molecular flexibility index (Phi) is 6.89. The molecule has 0 unspecified atom stereocenters. The first kappa shape index (κ1) is 17.8. The summed E-state index contributed by atoms with van der Waals surface area (Å²) >= 11 is 1.88. The van der Waals surface area contributed by atoms with Crippen molar-refractivity contribution >= 4 is 17.7 Å². The molecule has 23 heavy (non-hydrogen) atoms. The lowest BCUT2D eigenvalue weighted by Gasteiger charge is -2.32. The topological polar surface area (TPSA) is 46.1 Å². The molecular weight excluding hydrogens is 310 g/mol. The van der Waals surface area contributed by atoms with Crippen LogP contribution in [0.5, 0.6) is 11.5 Å². The molecule has 2 rings (SSSR count). The summed E-state index contributed by atoms with van der Waals surface area (Å²) in [5.74, 6) is 3.74. The van der Waals surface area contributed by atoms with Crippen LogP contribution in [0.25, 0.3) is 0 Å². The predicted molar refractivity (Wildman–Crippen MR) is 98.0 cm³/mol.